The number of benzene rings is 2. The first-order chi connectivity index (χ1) is 12.3. The predicted molar refractivity (Wildman–Crippen MR) is 99.6 cm³/mol. The molecule has 2 aromatic carbocycles. The van der Waals surface area contributed by atoms with Gasteiger partial charge < -0.3 is 19.7 Å². The third-order valence-corrected chi connectivity index (χ3v) is 4.26. The van der Waals surface area contributed by atoms with E-state index in [0.717, 1.165) is 17.9 Å². The average Bonchev–Trinajstić information content (AvgIpc) is 3.09. The molecule has 1 atom stereocenters. The van der Waals surface area contributed by atoms with E-state index in [1.54, 1.807) is 7.11 Å². The number of aromatic nitrogens is 1. The summed E-state index contributed by atoms with van der Waals surface area (Å²) in [6, 6.07) is 22.1. The molecule has 1 unspecified atom stereocenters. The van der Waals surface area contributed by atoms with Crippen molar-refractivity contribution in [2.75, 3.05) is 13.7 Å². The molecule has 0 fully saturated rings. The van der Waals surface area contributed by atoms with Crippen LogP contribution in [0.15, 0.2) is 72.9 Å². The molecule has 25 heavy (non-hydrogen) atoms. The minimum absolute atomic E-state index is 0.503. The maximum atomic E-state index is 10.3. The van der Waals surface area contributed by atoms with Gasteiger partial charge in [-0.15, -0.1) is 0 Å². The van der Waals surface area contributed by atoms with Gasteiger partial charge in [0.25, 0.3) is 0 Å². The highest BCUT2D eigenvalue weighted by atomic mass is 16.5. The molecule has 0 aliphatic heterocycles. The van der Waals surface area contributed by atoms with Gasteiger partial charge in [0, 0.05) is 31.5 Å². The highest BCUT2D eigenvalue weighted by Crippen LogP contribution is 2.17. The monoisotopic (exact) mass is 336 g/mol. The van der Waals surface area contributed by atoms with E-state index in [1.807, 2.05) is 30.3 Å². The molecule has 0 radical (unpaired) electrons. The number of aliphatic hydroxyl groups excluding tert-OH is 1. The van der Waals surface area contributed by atoms with Crippen molar-refractivity contribution in [1.82, 2.24) is 9.88 Å². The van der Waals surface area contributed by atoms with Crippen LogP contribution in [-0.4, -0.2) is 23.3 Å². The molecular formula is C21H24N2O2. The molecule has 130 valence electrons. The molecule has 0 saturated carbocycles. The first-order valence-electron chi connectivity index (χ1n) is 8.47. The molecule has 1 heterocycles. The Morgan fingerprint density at radius 1 is 1.00 bits per heavy atom. The Bertz CT molecular complexity index is 766. The van der Waals surface area contributed by atoms with Crippen molar-refractivity contribution < 1.29 is 9.84 Å². The van der Waals surface area contributed by atoms with Gasteiger partial charge >= 0.3 is 0 Å². The van der Waals surface area contributed by atoms with Crippen molar-refractivity contribution in [2.45, 2.75) is 19.2 Å². The van der Waals surface area contributed by atoms with Crippen LogP contribution in [0.25, 0.3) is 0 Å². The number of nitrogens with zero attached hydrogens (tertiary/aromatic N) is 1. The van der Waals surface area contributed by atoms with Crippen molar-refractivity contribution in [2.24, 2.45) is 0 Å². The number of hydrogen-bond acceptors (Lipinski definition) is 3. The standard InChI is InChI=1S/C21H24N2O2/c1-25-20-11-9-18(10-12-20)21(24)15-22-14-19-8-5-13-23(19)16-17-6-3-2-4-7-17/h2-13,21-22,24H,14-16H2,1H3. The molecule has 0 bridgehead atoms. The number of methoxy groups -OCH3 is 1. The Labute approximate surface area is 148 Å². The fourth-order valence-corrected chi connectivity index (χ4v) is 2.83. The van der Waals surface area contributed by atoms with E-state index in [2.05, 4.69) is 52.5 Å². The normalized spacial score (nSPS) is 12.1. The zero-order chi connectivity index (χ0) is 17.5. The minimum atomic E-state index is -0.538. The summed E-state index contributed by atoms with van der Waals surface area (Å²) in [5.41, 5.74) is 3.36. The summed E-state index contributed by atoms with van der Waals surface area (Å²) in [4.78, 5) is 0. The number of ether oxygens (including phenoxy) is 1. The highest BCUT2D eigenvalue weighted by Gasteiger charge is 2.08. The second-order valence-electron chi connectivity index (χ2n) is 6.03. The average molecular weight is 336 g/mol. The molecule has 4 heteroatoms. The lowest BCUT2D eigenvalue weighted by Crippen LogP contribution is -2.22. The van der Waals surface area contributed by atoms with Gasteiger partial charge in [0.15, 0.2) is 0 Å². The van der Waals surface area contributed by atoms with E-state index < -0.39 is 6.10 Å². The lowest BCUT2D eigenvalue weighted by atomic mass is 10.1. The first kappa shape index (κ1) is 17.3. The third kappa shape index (κ3) is 4.72. The van der Waals surface area contributed by atoms with Gasteiger partial charge in [0.05, 0.1) is 13.2 Å². The third-order valence-electron chi connectivity index (χ3n) is 4.26. The van der Waals surface area contributed by atoms with Crippen LogP contribution in [0.1, 0.15) is 22.9 Å². The Hall–Kier alpha value is -2.56. The second kappa shape index (κ2) is 8.51. The number of aliphatic hydroxyl groups is 1. The maximum Gasteiger partial charge on any atom is 0.118 e. The van der Waals surface area contributed by atoms with Crippen molar-refractivity contribution in [1.29, 1.82) is 0 Å². The summed E-state index contributed by atoms with van der Waals surface area (Å²) < 4.78 is 7.37. The summed E-state index contributed by atoms with van der Waals surface area (Å²) in [6.45, 7) is 2.07. The summed E-state index contributed by atoms with van der Waals surface area (Å²) in [6.07, 6.45) is 1.55. The topological polar surface area (TPSA) is 46.4 Å². The fraction of sp³-hybridized carbons (Fsp3) is 0.238. The van der Waals surface area contributed by atoms with Gasteiger partial charge in [-0.25, -0.2) is 0 Å². The van der Waals surface area contributed by atoms with Gasteiger partial charge in [0.2, 0.25) is 0 Å². The van der Waals surface area contributed by atoms with Gasteiger partial charge in [-0.3, -0.25) is 0 Å². The summed E-state index contributed by atoms with van der Waals surface area (Å²) in [5.74, 6) is 0.794. The predicted octanol–water partition coefficient (Wildman–Crippen LogP) is 3.37. The number of hydrogen-bond donors (Lipinski definition) is 2. The zero-order valence-electron chi connectivity index (χ0n) is 14.4. The smallest absolute Gasteiger partial charge is 0.118 e. The highest BCUT2D eigenvalue weighted by molar-refractivity contribution is 5.28. The molecule has 3 rings (SSSR count). The first-order valence-corrected chi connectivity index (χ1v) is 8.47. The Kier molecular flexibility index (Phi) is 5.88. The molecule has 0 saturated heterocycles. The van der Waals surface area contributed by atoms with Crippen LogP contribution in [0.2, 0.25) is 0 Å². The lowest BCUT2D eigenvalue weighted by Gasteiger charge is -2.14. The molecule has 0 spiro atoms. The van der Waals surface area contributed by atoms with Crippen LogP contribution in [-0.2, 0) is 13.1 Å². The molecule has 2 N–H and O–H groups in total. The minimum Gasteiger partial charge on any atom is -0.497 e. The molecule has 0 aliphatic carbocycles. The van der Waals surface area contributed by atoms with Gasteiger partial charge in [-0.05, 0) is 35.4 Å². The quantitative estimate of drug-likeness (QED) is 0.663. The molecule has 3 aromatic rings. The van der Waals surface area contributed by atoms with Crippen LogP contribution in [0.3, 0.4) is 0 Å². The van der Waals surface area contributed by atoms with Crippen LogP contribution >= 0.6 is 0 Å². The molecular weight excluding hydrogens is 312 g/mol. The van der Waals surface area contributed by atoms with Gasteiger partial charge in [-0.2, -0.15) is 0 Å². The molecule has 0 aliphatic rings. The number of rotatable bonds is 8. The zero-order valence-corrected chi connectivity index (χ0v) is 14.4. The Morgan fingerprint density at radius 2 is 1.76 bits per heavy atom. The molecule has 1 aromatic heterocycles. The number of nitrogens with one attached hydrogen (secondary N) is 1. The van der Waals surface area contributed by atoms with Crippen LogP contribution < -0.4 is 10.1 Å². The maximum absolute atomic E-state index is 10.3. The van der Waals surface area contributed by atoms with Crippen LogP contribution in [0.5, 0.6) is 5.75 Å². The van der Waals surface area contributed by atoms with Gasteiger partial charge in [-0.1, -0.05) is 42.5 Å². The summed E-state index contributed by atoms with van der Waals surface area (Å²) >= 11 is 0. The van der Waals surface area contributed by atoms with E-state index in [4.69, 9.17) is 4.74 Å². The van der Waals surface area contributed by atoms with Crippen molar-refractivity contribution in [3.63, 3.8) is 0 Å². The summed E-state index contributed by atoms with van der Waals surface area (Å²) in [7, 11) is 1.64. The van der Waals surface area contributed by atoms with Crippen LogP contribution in [0, 0.1) is 0 Å². The largest absolute Gasteiger partial charge is 0.497 e. The lowest BCUT2D eigenvalue weighted by molar-refractivity contribution is 0.174. The van der Waals surface area contributed by atoms with E-state index in [0.29, 0.717) is 13.1 Å². The van der Waals surface area contributed by atoms with Crippen molar-refractivity contribution in [3.8, 4) is 5.75 Å². The Balaban J connectivity index is 1.53. The van der Waals surface area contributed by atoms with Crippen molar-refractivity contribution in [3.05, 3.63) is 89.7 Å². The van der Waals surface area contributed by atoms with E-state index in [1.165, 1.54) is 11.3 Å². The molecule has 4 nitrogen and oxygen atoms in total. The van der Waals surface area contributed by atoms with E-state index in [-0.39, 0.29) is 0 Å². The van der Waals surface area contributed by atoms with E-state index >= 15 is 0 Å². The summed E-state index contributed by atoms with van der Waals surface area (Å²) in [5, 5.41) is 13.6. The van der Waals surface area contributed by atoms with Crippen molar-refractivity contribution >= 4 is 0 Å². The second-order valence-corrected chi connectivity index (χ2v) is 6.03. The molecule has 0 amide bonds. The van der Waals surface area contributed by atoms with E-state index in [9.17, 15) is 5.11 Å². The SMILES string of the molecule is COc1ccc(C(O)CNCc2cccn2Cc2ccccc2)cc1. The van der Waals surface area contributed by atoms with Crippen LogP contribution in [0.4, 0.5) is 0 Å². The Morgan fingerprint density at radius 3 is 2.48 bits per heavy atom. The fourth-order valence-electron chi connectivity index (χ4n) is 2.83. The van der Waals surface area contributed by atoms with Gasteiger partial charge in [0.1, 0.15) is 5.75 Å².